The Morgan fingerprint density at radius 3 is 1.84 bits per heavy atom. The van der Waals surface area contributed by atoms with Crippen molar-refractivity contribution in [2.45, 2.75) is 0 Å². The van der Waals surface area contributed by atoms with Gasteiger partial charge < -0.3 is 4.42 Å². The zero-order chi connectivity index (χ0) is 29.0. The van der Waals surface area contributed by atoms with Crippen LogP contribution in [0.3, 0.4) is 0 Å². The van der Waals surface area contributed by atoms with Crippen molar-refractivity contribution in [2.75, 3.05) is 0 Å². The van der Waals surface area contributed by atoms with E-state index in [-0.39, 0.29) is 29.7 Å². The highest BCUT2D eigenvalue weighted by Crippen LogP contribution is 2.38. The SMILES string of the molecule is [2H]c1c([2H])c([2H])c(-c2ccc3oc4cccc(-c5nc(-c6ccccc6)nc(-c6ccccc6)n5)c4c3c2)c([2H])c1[2H]. The maximum absolute atomic E-state index is 8.47. The van der Waals surface area contributed by atoms with Crippen LogP contribution in [0.15, 0.2) is 132 Å². The number of fused-ring (bicyclic) bond motifs is 3. The first kappa shape index (κ1) is 16.6. The molecule has 0 unspecified atom stereocenters. The summed E-state index contributed by atoms with van der Waals surface area (Å²) in [6.07, 6.45) is 0. The fourth-order valence-electron chi connectivity index (χ4n) is 4.49. The lowest BCUT2D eigenvalue weighted by molar-refractivity contribution is 0.669. The van der Waals surface area contributed by atoms with Crippen molar-refractivity contribution >= 4 is 21.9 Å². The molecule has 0 radical (unpaired) electrons. The van der Waals surface area contributed by atoms with Crippen molar-refractivity contribution in [1.82, 2.24) is 15.0 Å². The average molecular weight is 481 g/mol. The molecule has 7 rings (SSSR count). The molecule has 0 N–H and O–H groups in total. The molecule has 2 aromatic heterocycles. The summed E-state index contributed by atoms with van der Waals surface area (Å²) < 4.78 is 47.4. The van der Waals surface area contributed by atoms with E-state index in [0.29, 0.717) is 39.6 Å². The Morgan fingerprint density at radius 1 is 0.514 bits per heavy atom. The van der Waals surface area contributed by atoms with Gasteiger partial charge in [-0.15, -0.1) is 0 Å². The monoisotopic (exact) mass is 480 g/mol. The van der Waals surface area contributed by atoms with Gasteiger partial charge in [-0.1, -0.05) is 109 Å². The van der Waals surface area contributed by atoms with E-state index in [9.17, 15) is 0 Å². The maximum atomic E-state index is 8.47. The molecule has 5 aromatic carbocycles. The molecule has 4 nitrogen and oxygen atoms in total. The van der Waals surface area contributed by atoms with Crippen LogP contribution in [0.2, 0.25) is 0 Å². The molecular formula is C33H21N3O. The molecule has 0 bridgehead atoms. The first-order chi connectivity index (χ1) is 20.4. The number of benzene rings is 5. The van der Waals surface area contributed by atoms with Crippen molar-refractivity contribution in [3.05, 3.63) is 127 Å². The van der Waals surface area contributed by atoms with Crippen LogP contribution in [0.25, 0.3) is 67.2 Å². The molecular weight excluding hydrogens is 454 g/mol. The van der Waals surface area contributed by atoms with Gasteiger partial charge in [0.2, 0.25) is 0 Å². The van der Waals surface area contributed by atoms with Crippen molar-refractivity contribution in [1.29, 1.82) is 0 Å². The lowest BCUT2D eigenvalue weighted by Gasteiger charge is -2.09. The van der Waals surface area contributed by atoms with E-state index < -0.39 is 6.04 Å². The normalized spacial score (nSPS) is 13.1. The lowest BCUT2D eigenvalue weighted by atomic mass is 10.0. The second-order valence-electron chi connectivity index (χ2n) is 8.53. The average Bonchev–Trinajstić information content (AvgIpc) is 3.42. The van der Waals surface area contributed by atoms with E-state index >= 15 is 0 Å². The summed E-state index contributed by atoms with van der Waals surface area (Å²) in [7, 11) is 0. The van der Waals surface area contributed by atoms with Crippen LogP contribution >= 0.6 is 0 Å². The van der Waals surface area contributed by atoms with Gasteiger partial charge in [0, 0.05) is 27.5 Å². The second kappa shape index (κ2) is 8.85. The smallest absolute Gasteiger partial charge is 0.164 e. The standard InChI is InChI=1S/C33H21N3O/c1-4-11-22(12-5-1)25-19-20-28-27(21-25)30-26(17-10-18-29(30)37-28)33-35-31(23-13-6-2-7-14-23)34-32(36-33)24-15-8-3-9-16-24/h1-21H/i1D,4D,5D,11D,12D. The van der Waals surface area contributed by atoms with E-state index in [1.54, 1.807) is 18.2 Å². The van der Waals surface area contributed by atoms with Gasteiger partial charge in [0.15, 0.2) is 17.5 Å². The van der Waals surface area contributed by atoms with Crippen LogP contribution in [-0.2, 0) is 0 Å². The highest BCUT2D eigenvalue weighted by molar-refractivity contribution is 6.12. The molecule has 0 amide bonds. The molecule has 0 aliphatic heterocycles. The Bertz CT molecular complexity index is 2060. The van der Waals surface area contributed by atoms with Crippen LogP contribution in [0, 0.1) is 0 Å². The number of hydrogen-bond acceptors (Lipinski definition) is 4. The van der Waals surface area contributed by atoms with Crippen molar-refractivity contribution in [3.63, 3.8) is 0 Å². The first-order valence-corrected chi connectivity index (χ1v) is 11.8. The molecule has 0 aliphatic rings. The topological polar surface area (TPSA) is 51.8 Å². The van der Waals surface area contributed by atoms with Crippen molar-refractivity contribution in [2.24, 2.45) is 0 Å². The Hall–Kier alpha value is -5.09. The zero-order valence-corrected chi connectivity index (χ0v) is 19.5. The molecule has 4 heteroatoms. The summed E-state index contributed by atoms with van der Waals surface area (Å²) in [4.78, 5) is 14.6. The third-order valence-electron chi connectivity index (χ3n) is 6.22. The Labute approximate surface area is 221 Å². The number of furan rings is 1. The first-order valence-electron chi connectivity index (χ1n) is 14.3. The Balaban J connectivity index is 1.49. The van der Waals surface area contributed by atoms with Crippen LogP contribution in [0.1, 0.15) is 6.85 Å². The van der Waals surface area contributed by atoms with Gasteiger partial charge >= 0.3 is 0 Å². The predicted octanol–water partition coefficient (Wildman–Crippen LogP) is 8.44. The third kappa shape index (κ3) is 3.85. The van der Waals surface area contributed by atoms with E-state index in [4.69, 9.17) is 26.2 Å². The van der Waals surface area contributed by atoms with E-state index in [2.05, 4.69) is 0 Å². The minimum absolute atomic E-state index is 0.132. The van der Waals surface area contributed by atoms with Crippen molar-refractivity contribution in [3.8, 4) is 45.3 Å². The van der Waals surface area contributed by atoms with Gasteiger partial charge in [0.05, 0.1) is 6.85 Å². The van der Waals surface area contributed by atoms with Gasteiger partial charge in [0.25, 0.3) is 0 Å². The summed E-state index contributed by atoms with van der Waals surface area (Å²) in [5.41, 5.74) is 4.26. The van der Waals surface area contributed by atoms with Crippen LogP contribution in [0.4, 0.5) is 0 Å². The maximum Gasteiger partial charge on any atom is 0.164 e. The highest BCUT2D eigenvalue weighted by atomic mass is 16.3. The minimum atomic E-state index is -0.427. The summed E-state index contributed by atoms with van der Waals surface area (Å²) >= 11 is 0. The molecule has 0 saturated carbocycles. The van der Waals surface area contributed by atoms with Gasteiger partial charge in [0.1, 0.15) is 11.2 Å². The minimum Gasteiger partial charge on any atom is -0.456 e. The van der Waals surface area contributed by atoms with Crippen LogP contribution in [-0.4, -0.2) is 15.0 Å². The number of hydrogen-bond donors (Lipinski definition) is 0. The largest absolute Gasteiger partial charge is 0.456 e. The predicted molar refractivity (Wildman–Crippen MR) is 149 cm³/mol. The van der Waals surface area contributed by atoms with Crippen LogP contribution < -0.4 is 0 Å². The summed E-state index contributed by atoms with van der Waals surface area (Å²) in [6, 6.07) is 28.7. The molecule has 0 aliphatic carbocycles. The number of nitrogens with zero attached hydrogens (tertiary/aromatic N) is 3. The van der Waals surface area contributed by atoms with Gasteiger partial charge in [-0.2, -0.15) is 0 Å². The summed E-state index contributed by atoms with van der Waals surface area (Å²) in [5.74, 6) is 1.53. The van der Waals surface area contributed by atoms with E-state index in [1.165, 1.54) is 0 Å². The summed E-state index contributed by atoms with van der Waals surface area (Å²) in [5, 5.41) is 1.47. The Morgan fingerprint density at radius 2 is 1.16 bits per heavy atom. The molecule has 7 aromatic rings. The number of rotatable bonds is 4. The molecule has 0 spiro atoms. The molecule has 0 fully saturated rings. The molecule has 0 saturated heterocycles. The van der Waals surface area contributed by atoms with E-state index in [1.807, 2.05) is 78.9 Å². The van der Waals surface area contributed by atoms with Gasteiger partial charge in [-0.3, -0.25) is 0 Å². The fourth-order valence-corrected chi connectivity index (χ4v) is 4.49. The molecule has 2 heterocycles. The zero-order valence-electron chi connectivity index (χ0n) is 24.5. The lowest BCUT2D eigenvalue weighted by Crippen LogP contribution is -2.00. The second-order valence-corrected chi connectivity index (χ2v) is 8.53. The van der Waals surface area contributed by atoms with E-state index in [0.717, 1.165) is 22.1 Å². The van der Waals surface area contributed by atoms with Gasteiger partial charge in [-0.25, -0.2) is 15.0 Å². The molecule has 37 heavy (non-hydrogen) atoms. The molecule has 0 atom stereocenters. The number of aromatic nitrogens is 3. The van der Waals surface area contributed by atoms with Crippen molar-refractivity contribution < 1.29 is 11.3 Å². The molecule has 174 valence electrons. The van der Waals surface area contributed by atoms with Gasteiger partial charge in [-0.05, 0) is 29.3 Å². The fraction of sp³-hybridized carbons (Fsp3) is 0. The summed E-state index contributed by atoms with van der Waals surface area (Å²) in [6.45, 7) is 0. The highest BCUT2D eigenvalue weighted by Gasteiger charge is 2.18. The third-order valence-corrected chi connectivity index (χ3v) is 6.22. The quantitative estimate of drug-likeness (QED) is 0.254. The van der Waals surface area contributed by atoms with Crippen LogP contribution in [0.5, 0.6) is 0 Å². The Kier molecular flexibility index (Phi) is 3.96.